The Morgan fingerprint density at radius 2 is 2.04 bits per heavy atom. The number of rotatable bonds is 4. The summed E-state index contributed by atoms with van der Waals surface area (Å²) in [6, 6.07) is 12.9. The second-order valence-electron chi connectivity index (χ2n) is 6.97. The number of aryl methyl sites for hydroxylation is 2. The van der Waals surface area contributed by atoms with E-state index in [-0.39, 0.29) is 17.6 Å². The van der Waals surface area contributed by atoms with Crippen LogP contribution in [0.1, 0.15) is 29.5 Å². The summed E-state index contributed by atoms with van der Waals surface area (Å²) in [5, 5.41) is 3.08. The molecule has 2 aromatic carbocycles. The Labute approximate surface area is 148 Å². The highest BCUT2D eigenvalue weighted by Gasteiger charge is 2.26. The zero-order valence-electron chi connectivity index (χ0n) is 14.9. The van der Waals surface area contributed by atoms with Crippen molar-refractivity contribution in [2.75, 3.05) is 18.4 Å². The quantitative estimate of drug-likeness (QED) is 0.900. The monoisotopic (exact) mass is 340 g/mol. The second-order valence-corrected chi connectivity index (χ2v) is 6.97. The number of benzene rings is 2. The Bertz CT molecular complexity index is 759. The molecule has 0 saturated carbocycles. The lowest BCUT2D eigenvalue weighted by atomic mass is 9.96. The van der Waals surface area contributed by atoms with E-state index in [0.717, 1.165) is 36.2 Å². The molecule has 0 radical (unpaired) electrons. The van der Waals surface area contributed by atoms with E-state index in [2.05, 4.69) is 10.2 Å². The zero-order valence-corrected chi connectivity index (χ0v) is 14.9. The van der Waals surface area contributed by atoms with E-state index in [9.17, 15) is 9.18 Å². The number of amides is 1. The molecule has 1 N–H and O–H groups in total. The summed E-state index contributed by atoms with van der Waals surface area (Å²) in [5.41, 5.74) is 3.78. The number of hydrogen-bond donors (Lipinski definition) is 1. The number of likely N-dealkylation sites (tertiary alicyclic amines) is 1. The van der Waals surface area contributed by atoms with Crippen LogP contribution in [-0.4, -0.2) is 23.9 Å². The van der Waals surface area contributed by atoms with Crippen LogP contribution in [0.25, 0.3) is 0 Å². The van der Waals surface area contributed by atoms with Crippen molar-refractivity contribution in [1.29, 1.82) is 0 Å². The lowest BCUT2D eigenvalue weighted by molar-refractivity contribution is -0.121. The molecule has 1 fully saturated rings. The molecule has 1 aliphatic rings. The Kier molecular flexibility index (Phi) is 5.49. The van der Waals surface area contributed by atoms with Crippen molar-refractivity contribution in [3.8, 4) is 0 Å². The van der Waals surface area contributed by atoms with Crippen LogP contribution in [0, 0.1) is 25.6 Å². The molecule has 2 aromatic rings. The molecule has 132 valence electrons. The SMILES string of the molecule is Cc1ccc(C)c(NC(=O)C2CCCN(Cc3ccccc3F)C2)c1. The van der Waals surface area contributed by atoms with Crippen molar-refractivity contribution in [3.63, 3.8) is 0 Å². The first-order valence-corrected chi connectivity index (χ1v) is 8.87. The van der Waals surface area contributed by atoms with Gasteiger partial charge in [-0.25, -0.2) is 4.39 Å². The largest absolute Gasteiger partial charge is 0.326 e. The molecule has 1 atom stereocenters. The smallest absolute Gasteiger partial charge is 0.228 e. The van der Waals surface area contributed by atoms with Gasteiger partial charge in [-0.3, -0.25) is 9.69 Å². The molecule has 1 aliphatic heterocycles. The highest BCUT2D eigenvalue weighted by molar-refractivity contribution is 5.93. The number of piperidine rings is 1. The second kappa shape index (κ2) is 7.79. The van der Waals surface area contributed by atoms with Gasteiger partial charge in [0.25, 0.3) is 0 Å². The number of nitrogens with zero attached hydrogens (tertiary/aromatic N) is 1. The molecular formula is C21H25FN2O. The summed E-state index contributed by atoms with van der Waals surface area (Å²) in [4.78, 5) is 14.9. The Morgan fingerprint density at radius 3 is 2.84 bits per heavy atom. The van der Waals surface area contributed by atoms with Crippen LogP contribution in [0.3, 0.4) is 0 Å². The van der Waals surface area contributed by atoms with Crippen LogP contribution in [0.5, 0.6) is 0 Å². The lowest BCUT2D eigenvalue weighted by Crippen LogP contribution is -2.40. The summed E-state index contributed by atoms with van der Waals surface area (Å²) in [6.45, 7) is 6.15. The van der Waals surface area contributed by atoms with Gasteiger partial charge >= 0.3 is 0 Å². The molecule has 4 heteroatoms. The Hall–Kier alpha value is -2.20. The van der Waals surface area contributed by atoms with E-state index in [1.54, 1.807) is 6.07 Å². The summed E-state index contributed by atoms with van der Waals surface area (Å²) >= 11 is 0. The average molecular weight is 340 g/mol. The molecular weight excluding hydrogens is 315 g/mol. The molecule has 0 aliphatic carbocycles. The van der Waals surface area contributed by atoms with E-state index in [4.69, 9.17) is 0 Å². The van der Waals surface area contributed by atoms with Crippen LogP contribution in [0.2, 0.25) is 0 Å². The van der Waals surface area contributed by atoms with Crippen LogP contribution >= 0.6 is 0 Å². The van der Waals surface area contributed by atoms with Gasteiger partial charge in [0.2, 0.25) is 5.91 Å². The summed E-state index contributed by atoms with van der Waals surface area (Å²) in [5.74, 6) is -0.170. The number of anilines is 1. The minimum Gasteiger partial charge on any atom is -0.326 e. The van der Waals surface area contributed by atoms with Gasteiger partial charge in [-0.2, -0.15) is 0 Å². The van der Waals surface area contributed by atoms with Crippen molar-refractivity contribution in [2.24, 2.45) is 5.92 Å². The standard InChI is InChI=1S/C21H25FN2O/c1-15-9-10-16(2)20(12-15)23-21(25)18-7-5-11-24(14-18)13-17-6-3-4-8-19(17)22/h3-4,6,8-10,12,18H,5,7,11,13-14H2,1-2H3,(H,23,25). The normalized spacial score (nSPS) is 18.1. The molecule has 3 rings (SSSR count). The van der Waals surface area contributed by atoms with Gasteiger partial charge in [0.05, 0.1) is 5.92 Å². The van der Waals surface area contributed by atoms with E-state index >= 15 is 0 Å². The van der Waals surface area contributed by atoms with Gasteiger partial charge in [-0.1, -0.05) is 30.3 Å². The van der Waals surface area contributed by atoms with Gasteiger partial charge in [0.1, 0.15) is 5.82 Å². The van der Waals surface area contributed by atoms with Crippen molar-refractivity contribution in [1.82, 2.24) is 4.90 Å². The third-order valence-electron chi connectivity index (χ3n) is 4.88. The highest BCUT2D eigenvalue weighted by atomic mass is 19.1. The molecule has 1 saturated heterocycles. The van der Waals surface area contributed by atoms with Crippen molar-refractivity contribution < 1.29 is 9.18 Å². The van der Waals surface area contributed by atoms with E-state index in [1.807, 2.05) is 44.2 Å². The number of carbonyl (C=O) groups is 1. The predicted octanol–water partition coefficient (Wildman–Crippen LogP) is 4.29. The molecule has 25 heavy (non-hydrogen) atoms. The molecule has 1 amide bonds. The average Bonchev–Trinajstić information content (AvgIpc) is 2.60. The van der Waals surface area contributed by atoms with Gasteiger partial charge in [0.15, 0.2) is 0 Å². The first-order chi connectivity index (χ1) is 12.0. The summed E-state index contributed by atoms with van der Waals surface area (Å²) < 4.78 is 13.9. The first kappa shape index (κ1) is 17.6. The van der Waals surface area contributed by atoms with E-state index in [1.165, 1.54) is 6.07 Å². The molecule has 3 nitrogen and oxygen atoms in total. The van der Waals surface area contributed by atoms with Gasteiger partial charge in [-0.15, -0.1) is 0 Å². The van der Waals surface area contributed by atoms with Crippen LogP contribution in [0.15, 0.2) is 42.5 Å². The summed E-state index contributed by atoms with van der Waals surface area (Å²) in [6.07, 6.45) is 1.84. The predicted molar refractivity (Wildman–Crippen MR) is 98.9 cm³/mol. The first-order valence-electron chi connectivity index (χ1n) is 8.87. The maximum Gasteiger partial charge on any atom is 0.228 e. The van der Waals surface area contributed by atoms with Crippen molar-refractivity contribution in [3.05, 3.63) is 65.0 Å². The van der Waals surface area contributed by atoms with Gasteiger partial charge in [-0.05, 0) is 56.5 Å². The fourth-order valence-electron chi connectivity index (χ4n) is 3.39. The maximum absolute atomic E-state index is 13.9. The molecule has 1 heterocycles. The fraction of sp³-hybridized carbons (Fsp3) is 0.381. The van der Waals surface area contributed by atoms with Gasteiger partial charge in [0, 0.05) is 24.3 Å². The minimum atomic E-state index is -0.176. The van der Waals surface area contributed by atoms with Crippen LogP contribution in [-0.2, 0) is 11.3 Å². The van der Waals surface area contributed by atoms with Crippen LogP contribution in [0.4, 0.5) is 10.1 Å². The van der Waals surface area contributed by atoms with Crippen molar-refractivity contribution >= 4 is 11.6 Å². The van der Waals surface area contributed by atoms with Crippen molar-refractivity contribution in [2.45, 2.75) is 33.2 Å². The number of hydrogen-bond acceptors (Lipinski definition) is 2. The summed E-state index contributed by atoms with van der Waals surface area (Å²) in [7, 11) is 0. The van der Waals surface area contributed by atoms with Gasteiger partial charge < -0.3 is 5.32 Å². The maximum atomic E-state index is 13.9. The number of carbonyl (C=O) groups excluding carboxylic acids is 1. The van der Waals surface area contributed by atoms with E-state index < -0.39 is 0 Å². The molecule has 0 bridgehead atoms. The minimum absolute atomic E-state index is 0.0552. The highest BCUT2D eigenvalue weighted by Crippen LogP contribution is 2.23. The zero-order chi connectivity index (χ0) is 17.8. The number of halogens is 1. The lowest BCUT2D eigenvalue weighted by Gasteiger charge is -2.32. The third-order valence-corrected chi connectivity index (χ3v) is 4.88. The Morgan fingerprint density at radius 1 is 1.24 bits per heavy atom. The molecule has 1 unspecified atom stereocenters. The third kappa shape index (κ3) is 4.45. The number of nitrogens with one attached hydrogen (secondary N) is 1. The van der Waals surface area contributed by atoms with E-state index in [0.29, 0.717) is 18.7 Å². The van der Waals surface area contributed by atoms with Crippen LogP contribution < -0.4 is 5.32 Å². The topological polar surface area (TPSA) is 32.3 Å². The molecule has 0 aromatic heterocycles. The Balaban J connectivity index is 1.63. The fourth-order valence-corrected chi connectivity index (χ4v) is 3.39. The molecule has 0 spiro atoms.